The summed E-state index contributed by atoms with van der Waals surface area (Å²) >= 11 is 2.32. The molecule has 2 aromatic rings. The van der Waals surface area contributed by atoms with Crippen molar-refractivity contribution in [2.45, 2.75) is 38.5 Å². The van der Waals surface area contributed by atoms with Gasteiger partial charge in [-0.1, -0.05) is 40.8 Å². The van der Waals surface area contributed by atoms with E-state index in [-0.39, 0.29) is 5.97 Å². The first-order valence-corrected chi connectivity index (χ1v) is 11.7. The molecule has 2 unspecified atom stereocenters. The molecule has 0 aliphatic heterocycles. The predicted octanol–water partition coefficient (Wildman–Crippen LogP) is 4.83. The van der Waals surface area contributed by atoms with E-state index in [0.717, 1.165) is 42.5 Å². The third-order valence-electron chi connectivity index (χ3n) is 5.89. The average molecular weight is 494 g/mol. The summed E-state index contributed by atoms with van der Waals surface area (Å²) < 4.78 is 18.0. The molecule has 0 aromatic heterocycles. The summed E-state index contributed by atoms with van der Waals surface area (Å²) in [6, 6.07) is 8.82. The van der Waals surface area contributed by atoms with E-state index < -0.39 is 0 Å². The van der Waals surface area contributed by atoms with E-state index in [4.69, 9.17) is 14.2 Å². The summed E-state index contributed by atoms with van der Waals surface area (Å²) in [6.07, 6.45) is 4.28. The molecule has 0 spiro atoms. The van der Waals surface area contributed by atoms with E-state index in [2.05, 4.69) is 46.9 Å². The molecule has 2 atom stereocenters. The van der Waals surface area contributed by atoms with Crippen LogP contribution in [-0.4, -0.2) is 36.8 Å². The highest BCUT2D eigenvalue weighted by Gasteiger charge is 2.33. The van der Waals surface area contributed by atoms with Gasteiger partial charge in [0.2, 0.25) is 0 Å². The molecule has 150 valence electrons. The molecule has 4 nitrogen and oxygen atoms in total. The lowest BCUT2D eigenvalue weighted by Gasteiger charge is -2.36. The van der Waals surface area contributed by atoms with Gasteiger partial charge in [-0.3, -0.25) is 4.79 Å². The fourth-order valence-electron chi connectivity index (χ4n) is 4.80. The Bertz CT molecular complexity index is 863. The summed E-state index contributed by atoms with van der Waals surface area (Å²) in [5.74, 6) is 1.82. The van der Waals surface area contributed by atoms with E-state index in [9.17, 15) is 4.79 Å². The number of aryl methyl sites for hydroxylation is 1. The van der Waals surface area contributed by atoms with Gasteiger partial charge in [-0.15, -0.1) is 0 Å². The molecular formula is C23H27IO4. The Hall–Kier alpha value is -1.34. The number of hydrogen-bond acceptors (Lipinski definition) is 4. The van der Waals surface area contributed by atoms with Crippen molar-refractivity contribution in [3.63, 3.8) is 0 Å². The highest BCUT2D eigenvalue weighted by Crippen LogP contribution is 2.48. The van der Waals surface area contributed by atoms with E-state index in [0.29, 0.717) is 31.7 Å². The second kappa shape index (κ2) is 8.99. The smallest absolute Gasteiger partial charge is 0.302 e. The van der Waals surface area contributed by atoms with Crippen LogP contribution < -0.4 is 4.74 Å². The largest absolute Gasteiger partial charge is 0.491 e. The van der Waals surface area contributed by atoms with Crippen LogP contribution in [0.3, 0.4) is 0 Å². The van der Waals surface area contributed by atoms with Gasteiger partial charge >= 0.3 is 5.97 Å². The highest BCUT2D eigenvalue weighted by molar-refractivity contribution is 14.1. The van der Waals surface area contributed by atoms with Gasteiger partial charge < -0.3 is 14.2 Å². The van der Waals surface area contributed by atoms with Crippen LogP contribution in [0.1, 0.15) is 42.4 Å². The standard InChI is InChI=1S/C23H27IO4/c1-15(25)28-14-16-12-18-3-2-17-5-7-21(27-11-10-26-9-8-24)20-6-4-19(13-16)22(18)23(17)20/h2-3,5,7,16,19H,4,6,8-14H2,1H3. The molecule has 2 aromatic carbocycles. The van der Waals surface area contributed by atoms with Crippen LogP contribution in [-0.2, 0) is 27.1 Å². The van der Waals surface area contributed by atoms with Crippen molar-refractivity contribution in [3.05, 3.63) is 41.0 Å². The van der Waals surface area contributed by atoms with Crippen molar-refractivity contribution in [3.8, 4) is 5.75 Å². The van der Waals surface area contributed by atoms with Crippen LogP contribution in [0.15, 0.2) is 24.3 Å². The summed E-state index contributed by atoms with van der Waals surface area (Å²) in [5, 5.41) is 2.72. The van der Waals surface area contributed by atoms with E-state index in [1.807, 2.05) is 0 Å². The minimum absolute atomic E-state index is 0.181. The van der Waals surface area contributed by atoms with Gasteiger partial charge in [0.25, 0.3) is 0 Å². The summed E-state index contributed by atoms with van der Waals surface area (Å²) in [4.78, 5) is 11.2. The van der Waals surface area contributed by atoms with Crippen molar-refractivity contribution in [1.82, 2.24) is 0 Å². The quantitative estimate of drug-likeness (QED) is 0.228. The van der Waals surface area contributed by atoms with Crippen molar-refractivity contribution >= 4 is 39.3 Å². The topological polar surface area (TPSA) is 44.8 Å². The fourth-order valence-corrected chi connectivity index (χ4v) is 5.11. The first kappa shape index (κ1) is 20.0. The molecule has 4 rings (SSSR count). The summed E-state index contributed by atoms with van der Waals surface area (Å²) in [6.45, 7) is 4.03. The second-order valence-electron chi connectivity index (χ2n) is 7.77. The van der Waals surface area contributed by atoms with Crippen molar-refractivity contribution in [2.24, 2.45) is 5.92 Å². The molecule has 0 N–H and O–H groups in total. The van der Waals surface area contributed by atoms with Gasteiger partial charge in [-0.05, 0) is 65.5 Å². The lowest BCUT2D eigenvalue weighted by molar-refractivity contribution is -0.142. The lowest BCUT2D eigenvalue weighted by Crippen LogP contribution is -2.26. The number of carbonyl (C=O) groups excluding carboxylic acids is 1. The Kier molecular flexibility index (Phi) is 6.41. The van der Waals surface area contributed by atoms with Gasteiger partial charge in [-0.25, -0.2) is 0 Å². The number of benzene rings is 2. The Morgan fingerprint density at radius 1 is 1.18 bits per heavy atom. The maximum Gasteiger partial charge on any atom is 0.302 e. The molecule has 0 saturated carbocycles. The molecule has 0 heterocycles. The normalized spacial score (nSPS) is 20.2. The molecule has 2 aliphatic carbocycles. The first-order valence-electron chi connectivity index (χ1n) is 10.1. The van der Waals surface area contributed by atoms with Gasteiger partial charge in [0.1, 0.15) is 12.4 Å². The van der Waals surface area contributed by atoms with Gasteiger partial charge in [0.15, 0.2) is 0 Å². The average Bonchev–Trinajstić information content (AvgIpc) is 2.70. The molecule has 0 fully saturated rings. The summed E-state index contributed by atoms with van der Waals surface area (Å²) in [7, 11) is 0. The second-order valence-corrected chi connectivity index (χ2v) is 8.85. The van der Waals surface area contributed by atoms with Crippen LogP contribution in [0.5, 0.6) is 5.75 Å². The van der Waals surface area contributed by atoms with E-state index in [1.54, 1.807) is 0 Å². The van der Waals surface area contributed by atoms with Crippen LogP contribution in [0.2, 0.25) is 0 Å². The molecule has 0 amide bonds. The Labute approximate surface area is 180 Å². The minimum Gasteiger partial charge on any atom is -0.491 e. The van der Waals surface area contributed by atoms with Gasteiger partial charge in [0, 0.05) is 16.9 Å². The van der Waals surface area contributed by atoms with Crippen LogP contribution >= 0.6 is 22.6 Å². The van der Waals surface area contributed by atoms with E-state index in [1.165, 1.54) is 34.4 Å². The zero-order valence-corrected chi connectivity index (χ0v) is 18.5. The summed E-state index contributed by atoms with van der Waals surface area (Å²) in [5.41, 5.74) is 4.30. The number of rotatable bonds is 8. The monoisotopic (exact) mass is 494 g/mol. The number of halogens is 1. The molecule has 0 saturated heterocycles. The third kappa shape index (κ3) is 4.15. The fraction of sp³-hybridized carbons (Fsp3) is 0.522. The number of carbonyl (C=O) groups is 1. The molecule has 5 heteroatoms. The van der Waals surface area contributed by atoms with Gasteiger partial charge in [-0.2, -0.15) is 0 Å². The van der Waals surface area contributed by atoms with Crippen LogP contribution in [0, 0.1) is 5.92 Å². The zero-order chi connectivity index (χ0) is 19.5. The minimum atomic E-state index is -0.181. The number of esters is 1. The van der Waals surface area contributed by atoms with Crippen molar-refractivity contribution in [1.29, 1.82) is 0 Å². The SMILES string of the molecule is CC(=O)OCC1Cc2ccc3ccc(OCCOCCI)c4c3c2C(CC4)C1. The zero-order valence-electron chi connectivity index (χ0n) is 16.3. The molecular weight excluding hydrogens is 467 g/mol. The Morgan fingerprint density at radius 3 is 2.86 bits per heavy atom. The molecule has 0 radical (unpaired) electrons. The van der Waals surface area contributed by atoms with Crippen molar-refractivity contribution < 1.29 is 19.0 Å². The maximum atomic E-state index is 11.2. The van der Waals surface area contributed by atoms with Crippen LogP contribution in [0.4, 0.5) is 0 Å². The number of alkyl halides is 1. The third-order valence-corrected chi connectivity index (χ3v) is 6.33. The first-order chi connectivity index (χ1) is 13.7. The highest BCUT2D eigenvalue weighted by atomic mass is 127. The maximum absolute atomic E-state index is 11.2. The predicted molar refractivity (Wildman–Crippen MR) is 119 cm³/mol. The lowest BCUT2D eigenvalue weighted by atomic mass is 9.69. The van der Waals surface area contributed by atoms with Crippen molar-refractivity contribution in [2.75, 3.05) is 30.9 Å². The Balaban J connectivity index is 1.59. The number of ether oxygens (including phenoxy) is 3. The number of hydrogen-bond donors (Lipinski definition) is 0. The van der Waals surface area contributed by atoms with Crippen LogP contribution in [0.25, 0.3) is 10.8 Å². The molecule has 2 aliphatic rings. The van der Waals surface area contributed by atoms with E-state index >= 15 is 0 Å². The molecule has 0 bridgehead atoms. The Morgan fingerprint density at radius 2 is 2.04 bits per heavy atom. The van der Waals surface area contributed by atoms with Gasteiger partial charge in [0.05, 0.1) is 19.8 Å². The molecule has 28 heavy (non-hydrogen) atoms.